The van der Waals surface area contributed by atoms with Crippen LogP contribution in [0.25, 0.3) is 0 Å². The first-order chi connectivity index (χ1) is 4.39. The lowest BCUT2D eigenvalue weighted by atomic mass is 9.91. The van der Waals surface area contributed by atoms with Crippen molar-refractivity contribution in [2.75, 3.05) is 0 Å². The molecule has 0 spiro atoms. The molecule has 0 bridgehead atoms. The molecule has 1 rings (SSSR count). The first-order valence-electron chi connectivity index (χ1n) is 3.89. The van der Waals surface area contributed by atoms with E-state index >= 15 is 0 Å². The second kappa shape index (κ2) is 8.74. The molecule has 1 aliphatic rings. The molecular weight excluding hydrogens is 120 g/mol. The third-order valence-electron chi connectivity index (χ3n) is 1.89. The maximum absolute atomic E-state index is 3.00. The Labute approximate surface area is 66.3 Å². The van der Waals surface area contributed by atoms with Gasteiger partial charge in [0.1, 0.15) is 0 Å². The molecule has 0 N–H and O–H groups in total. The third-order valence-corrected chi connectivity index (χ3v) is 1.89. The smallest absolute Gasteiger partial charge is 0.0443 e. The SMILES string of the molecule is C.C=C.CC1CCCCC1. The Balaban J connectivity index is 0. The Morgan fingerprint density at radius 2 is 1.40 bits per heavy atom. The summed E-state index contributed by atoms with van der Waals surface area (Å²) >= 11 is 0. The van der Waals surface area contributed by atoms with Crippen LogP contribution in [-0.2, 0) is 0 Å². The van der Waals surface area contributed by atoms with E-state index in [2.05, 4.69) is 20.1 Å². The lowest BCUT2D eigenvalue weighted by Crippen LogP contribution is -1.99. The summed E-state index contributed by atoms with van der Waals surface area (Å²) in [7, 11) is 0. The van der Waals surface area contributed by atoms with Crippen LogP contribution < -0.4 is 0 Å². The zero-order valence-electron chi connectivity index (χ0n) is 6.53. The summed E-state index contributed by atoms with van der Waals surface area (Å²) in [5.41, 5.74) is 0. The van der Waals surface area contributed by atoms with E-state index in [1.165, 1.54) is 32.1 Å². The number of rotatable bonds is 0. The van der Waals surface area contributed by atoms with Crippen LogP contribution in [0.1, 0.15) is 46.5 Å². The van der Waals surface area contributed by atoms with Crippen LogP contribution >= 0.6 is 0 Å². The van der Waals surface area contributed by atoms with Crippen molar-refractivity contribution >= 4 is 0 Å². The summed E-state index contributed by atoms with van der Waals surface area (Å²) in [6, 6.07) is 0. The maximum atomic E-state index is 3.00. The monoisotopic (exact) mass is 142 g/mol. The summed E-state index contributed by atoms with van der Waals surface area (Å²) in [6.45, 7) is 8.36. The minimum absolute atomic E-state index is 0. The van der Waals surface area contributed by atoms with E-state index in [1.54, 1.807) is 0 Å². The Hall–Kier alpha value is -0.260. The Kier molecular flexibility index (Phi) is 10.9. The average molecular weight is 142 g/mol. The van der Waals surface area contributed by atoms with E-state index in [-0.39, 0.29) is 7.43 Å². The van der Waals surface area contributed by atoms with Crippen molar-refractivity contribution in [3.05, 3.63) is 13.2 Å². The van der Waals surface area contributed by atoms with Gasteiger partial charge in [-0.3, -0.25) is 0 Å². The Morgan fingerprint density at radius 3 is 1.60 bits per heavy atom. The topological polar surface area (TPSA) is 0 Å². The van der Waals surface area contributed by atoms with Crippen LogP contribution in [0.4, 0.5) is 0 Å². The van der Waals surface area contributed by atoms with Crippen molar-refractivity contribution in [1.29, 1.82) is 0 Å². The zero-order chi connectivity index (χ0) is 7.11. The molecule has 1 fully saturated rings. The van der Waals surface area contributed by atoms with Gasteiger partial charge in [-0.15, -0.1) is 13.2 Å². The number of hydrogen-bond acceptors (Lipinski definition) is 0. The largest absolute Gasteiger partial charge is 0.106 e. The molecule has 0 unspecified atom stereocenters. The van der Waals surface area contributed by atoms with E-state index in [1.807, 2.05) is 0 Å². The van der Waals surface area contributed by atoms with Crippen molar-refractivity contribution < 1.29 is 0 Å². The van der Waals surface area contributed by atoms with Gasteiger partial charge in [0.05, 0.1) is 0 Å². The fourth-order valence-electron chi connectivity index (χ4n) is 1.31. The van der Waals surface area contributed by atoms with Gasteiger partial charge in [-0.1, -0.05) is 46.5 Å². The van der Waals surface area contributed by atoms with Gasteiger partial charge in [0.2, 0.25) is 0 Å². The Bertz CT molecular complexity index is 51.1. The quantitative estimate of drug-likeness (QED) is 0.448. The highest BCUT2D eigenvalue weighted by Crippen LogP contribution is 2.21. The van der Waals surface area contributed by atoms with Gasteiger partial charge >= 0.3 is 0 Å². The molecule has 1 saturated carbocycles. The fraction of sp³-hybridized carbons (Fsp3) is 0.800. The summed E-state index contributed by atoms with van der Waals surface area (Å²) in [4.78, 5) is 0. The summed E-state index contributed by atoms with van der Waals surface area (Å²) in [5.74, 6) is 1.04. The Morgan fingerprint density at radius 1 is 1.00 bits per heavy atom. The minimum Gasteiger partial charge on any atom is -0.106 e. The van der Waals surface area contributed by atoms with Gasteiger partial charge in [-0.2, -0.15) is 0 Å². The highest BCUT2D eigenvalue weighted by Gasteiger charge is 2.05. The lowest BCUT2D eigenvalue weighted by molar-refractivity contribution is 0.385. The van der Waals surface area contributed by atoms with Crippen molar-refractivity contribution in [1.82, 2.24) is 0 Å². The van der Waals surface area contributed by atoms with Gasteiger partial charge in [0.25, 0.3) is 0 Å². The lowest BCUT2D eigenvalue weighted by Gasteiger charge is -2.15. The minimum atomic E-state index is 0. The molecule has 0 nitrogen and oxygen atoms in total. The molecule has 0 amide bonds. The van der Waals surface area contributed by atoms with Crippen molar-refractivity contribution in [3.8, 4) is 0 Å². The van der Waals surface area contributed by atoms with E-state index in [0.717, 1.165) is 5.92 Å². The van der Waals surface area contributed by atoms with E-state index in [0.29, 0.717) is 0 Å². The van der Waals surface area contributed by atoms with Crippen LogP contribution in [0.2, 0.25) is 0 Å². The van der Waals surface area contributed by atoms with Crippen LogP contribution in [-0.4, -0.2) is 0 Å². The second-order valence-corrected chi connectivity index (χ2v) is 2.74. The van der Waals surface area contributed by atoms with E-state index in [9.17, 15) is 0 Å². The molecule has 10 heavy (non-hydrogen) atoms. The molecule has 0 heteroatoms. The predicted octanol–water partition coefficient (Wildman–Crippen LogP) is 4.02. The second-order valence-electron chi connectivity index (χ2n) is 2.74. The van der Waals surface area contributed by atoms with Crippen molar-refractivity contribution in [2.45, 2.75) is 46.5 Å². The predicted molar refractivity (Wildman–Crippen MR) is 50.2 cm³/mol. The zero-order valence-corrected chi connectivity index (χ0v) is 6.53. The van der Waals surface area contributed by atoms with Gasteiger partial charge in [-0.05, 0) is 5.92 Å². The molecule has 1 aliphatic carbocycles. The highest BCUT2D eigenvalue weighted by molar-refractivity contribution is 4.59. The molecule has 0 atom stereocenters. The highest BCUT2D eigenvalue weighted by atomic mass is 14.1. The van der Waals surface area contributed by atoms with Gasteiger partial charge in [0, 0.05) is 0 Å². The fourth-order valence-corrected chi connectivity index (χ4v) is 1.31. The molecule has 0 aromatic carbocycles. The van der Waals surface area contributed by atoms with Gasteiger partial charge in [-0.25, -0.2) is 0 Å². The maximum Gasteiger partial charge on any atom is -0.0443 e. The molecule has 0 radical (unpaired) electrons. The van der Waals surface area contributed by atoms with Crippen LogP contribution in [0.15, 0.2) is 13.2 Å². The van der Waals surface area contributed by atoms with Crippen molar-refractivity contribution in [2.24, 2.45) is 5.92 Å². The summed E-state index contributed by atoms with van der Waals surface area (Å²) < 4.78 is 0. The molecule has 0 saturated heterocycles. The average Bonchev–Trinajstić information content (AvgIpc) is 1.94. The van der Waals surface area contributed by atoms with E-state index < -0.39 is 0 Å². The standard InChI is InChI=1S/C7H14.C2H4.CH4/c1-7-5-3-2-4-6-7;1-2;/h7H,2-6H2,1H3;1-2H2;1H4. The van der Waals surface area contributed by atoms with Gasteiger partial charge < -0.3 is 0 Å². The van der Waals surface area contributed by atoms with Gasteiger partial charge in [0.15, 0.2) is 0 Å². The van der Waals surface area contributed by atoms with Crippen LogP contribution in [0.5, 0.6) is 0 Å². The third kappa shape index (κ3) is 5.87. The number of hydrogen-bond donors (Lipinski definition) is 0. The first-order valence-corrected chi connectivity index (χ1v) is 3.89. The van der Waals surface area contributed by atoms with Crippen LogP contribution in [0, 0.1) is 5.92 Å². The molecule has 0 aromatic heterocycles. The summed E-state index contributed by atoms with van der Waals surface area (Å²) in [6.07, 6.45) is 7.44. The molecule has 0 heterocycles. The van der Waals surface area contributed by atoms with Crippen molar-refractivity contribution in [3.63, 3.8) is 0 Å². The normalized spacial score (nSPS) is 18.1. The van der Waals surface area contributed by atoms with E-state index in [4.69, 9.17) is 0 Å². The first kappa shape index (κ1) is 12.4. The summed E-state index contributed by atoms with van der Waals surface area (Å²) in [5, 5.41) is 0. The van der Waals surface area contributed by atoms with Crippen LogP contribution in [0.3, 0.4) is 0 Å². The molecule has 0 aliphatic heterocycles. The molecular formula is C10H22. The molecule has 62 valence electrons. The molecule has 0 aromatic rings.